The van der Waals surface area contributed by atoms with Gasteiger partial charge in [-0.05, 0) is 43.5 Å². The van der Waals surface area contributed by atoms with Crippen LogP contribution in [0.25, 0.3) is 11.2 Å². The third kappa shape index (κ3) is 2.86. The van der Waals surface area contributed by atoms with Crippen molar-refractivity contribution in [2.45, 2.75) is 32.2 Å². The van der Waals surface area contributed by atoms with Gasteiger partial charge in [-0.1, -0.05) is 6.07 Å². The monoisotopic (exact) mass is 308 g/mol. The minimum atomic E-state index is 0.574. The zero-order chi connectivity index (χ0) is 15.8. The molecule has 0 spiro atoms. The summed E-state index contributed by atoms with van der Waals surface area (Å²) < 4.78 is 8.04. The molecule has 1 aromatic carbocycles. The van der Waals surface area contributed by atoms with E-state index >= 15 is 0 Å². The van der Waals surface area contributed by atoms with Crippen molar-refractivity contribution in [2.75, 3.05) is 12.3 Å². The number of aromatic nitrogens is 3. The molecule has 4 rings (SSSR count). The molecule has 118 valence electrons. The van der Waals surface area contributed by atoms with Crippen LogP contribution in [0.2, 0.25) is 0 Å². The number of hydrogen-bond acceptors (Lipinski definition) is 4. The zero-order valence-corrected chi connectivity index (χ0v) is 13.2. The predicted molar refractivity (Wildman–Crippen MR) is 90.6 cm³/mol. The lowest BCUT2D eigenvalue weighted by molar-refractivity contribution is 0.298. The van der Waals surface area contributed by atoms with E-state index in [0.717, 1.165) is 34.8 Å². The van der Waals surface area contributed by atoms with Crippen LogP contribution in [-0.2, 0) is 6.54 Å². The standard InChI is InChI=1S/C18H20N4O/c1-12-9-16-18(20-11-12)22(17(21-16)13-5-6-13)7-8-23-15-4-2-3-14(19)10-15/h2-4,9-11,13H,5-8,19H2,1H3. The molecular weight excluding hydrogens is 288 g/mol. The lowest BCUT2D eigenvalue weighted by atomic mass is 10.3. The van der Waals surface area contributed by atoms with Gasteiger partial charge in [0.25, 0.3) is 0 Å². The van der Waals surface area contributed by atoms with Crippen molar-refractivity contribution in [1.82, 2.24) is 14.5 Å². The van der Waals surface area contributed by atoms with Crippen LogP contribution >= 0.6 is 0 Å². The van der Waals surface area contributed by atoms with E-state index < -0.39 is 0 Å². The maximum atomic E-state index is 5.83. The van der Waals surface area contributed by atoms with Crippen molar-refractivity contribution < 1.29 is 4.74 Å². The van der Waals surface area contributed by atoms with Crippen LogP contribution in [0.5, 0.6) is 5.75 Å². The molecule has 0 aliphatic heterocycles. The number of aryl methyl sites for hydroxylation is 1. The Labute approximate surface area is 135 Å². The Morgan fingerprint density at radius 2 is 2.17 bits per heavy atom. The van der Waals surface area contributed by atoms with Gasteiger partial charge in [-0.2, -0.15) is 0 Å². The molecule has 0 bridgehead atoms. The van der Waals surface area contributed by atoms with Gasteiger partial charge in [0, 0.05) is 23.9 Å². The molecule has 0 amide bonds. The smallest absolute Gasteiger partial charge is 0.160 e. The van der Waals surface area contributed by atoms with Crippen LogP contribution in [0.4, 0.5) is 5.69 Å². The number of rotatable bonds is 5. The second-order valence-electron chi connectivity index (χ2n) is 6.17. The molecule has 0 unspecified atom stereocenters. The van der Waals surface area contributed by atoms with Crippen molar-refractivity contribution in [3.05, 3.63) is 47.9 Å². The highest BCUT2D eigenvalue weighted by Gasteiger charge is 2.29. The second kappa shape index (κ2) is 5.57. The molecule has 2 aromatic heterocycles. The fraction of sp³-hybridized carbons (Fsp3) is 0.333. The van der Waals surface area contributed by atoms with Crippen LogP contribution in [0, 0.1) is 6.92 Å². The fourth-order valence-electron chi connectivity index (χ4n) is 2.86. The quantitative estimate of drug-likeness (QED) is 0.735. The summed E-state index contributed by atoms with van der Waals surface area (Å²) in [5, 5.41) is 0. The van der Waals surface area contributed by atoms with Crippen LogP contribution < -0.4 is 10.5 Å². The number of ether oxygens (including phenoxy) is 1. The molecule has 1 fully saturated rings. The second-order valence-corrected chi connectivity index (χ2v) is 6.17. The first kappa shape index (κ1) is 14.1. The minimum absolute atomic E-state index is 0.574. The van der Waals surface area contributed by atoms with Gasteiger partial charge >= 0.3 is 0 Å². The maximum Gasteiger partial charge on any atom is 0.160 e. The maximum absolute atomic E-state index is 5.83. The van der Waals surface area contributed by atoms with Crippen LogP contribution in [-0.4, -0.2) is 21.1 Å². The van der Waals surface area contributed by atoms with E-state index in [-0.39, 0.29) is 0 Å². The van der Waals surface area contributed by atoms with Crippen LogP contribution in [0.15, 0.2) is 36.5 Å². The largest absolute Gasteiger partial charge is 0.492 e. The topological polar surface area (TPSA) is 66.0 Å². The highest BCUT2D eigenvalue weighted by molar-refractivity contribution is 5.72. The van der Waals surface area contributed by atoms with E-state index in [0.29, 0.717) is 18.2 Å². The number of fused-ring (bicyclic) bond motifs is 1. The average Bonchev–Trinajstić information content (AvgIpc) is 3.31. The Kier molecular flexibility index (Phi) is 3.41. The van der Waals surface area contributed by atoms with E-state index in [9.17, 15) is 0 Å². The molecule has 0 atom stereocenters. The Bertz CT molecular complexity index is 851. The van der Waals surface area contributed by atoms with Crippen molar-refractivity contribution in [3.63, 3.8) is 0 Å². The van der Waals surface area contributed by atoms with E-state index in [1.807, 2.05) is 37.4 Å². The van der Waals surface area contributed by atoms with E-state index in [1.54, 1.807) is 0 Å². The van der Waals surface area contributed by atoms with Gasteiger partial charge in [0.2, 0.25) is 0 Å². The molecule has 23 heavy (non-hydrogen) atoms. The Morgan fingerprint density at radius 3 is 2.96 bits per heavy atom. The average molecular weight is 308 g/mol. The van der Waals surface area contributed by atoms with Crippen molar-refractivity contribution in [1.29, 1.82) is 0 Å². The van der Waals surface area contributed by atoms with Crippen molar-refractivity contribution >= 4 is 16.9 Å². The molecule has 1 aliphatic rings. The summed E-state index contributed by atoms with van der Waals surface area (Å²) in [6.45, 7) is 3.36. The number of hydrogen-bond donors (Lipinski definition) is 1. The molecule has 0 radical (unpaired) electrons. The van der Waals surface area contributed by atoms with E-state index in [2.05, 4.69) is 15.6 Å². The zero-order valence-electron chi connectivity index (χ0n) is 13.2. The fourth-order valence-corrected chi connectivity index (χ4v) is 2.86. The van der Waals surface area contributed by atoms with Crippen molar-refractivity contribution in [3.8, 4) is 5.75 Å². The number of pyridine rings is 1. The number of benzene rings is 1. The third-order valence-electron chi connectivity index (χ3n) is 4.14. The first-order valence-electron chi connectivity index (χ1n) is 8.02. The van der Waals surface area contributed by atoms with Gasteiger partial charge in [0.1, 0.15) is 23.7 Å². The summed E-state index contributed by atoms with van der Waals surface area (Å²) in [7, 11) is 0. The van der Waals surface area contributed by atoms with Gasteiger partial charge in [0.05, 0.1) is 6.54 Å². The molecular formula is C18H20N4O. The minimum Gasteiger partial charge on any atom is -0.492 e. The van der Waals surface area contributed by atoms with Gasteiger partial charge in [-0.3, -0.25) is 0 Å². The first-order valence-corrected chi connectivity index (χ1v) is 8.02. The van der Waals surface area contributed by atoms with Gasteiger partial charge in [-0.25, -0.2) is 9.97 Å². The third-order valence-corrected chi connectivity index (χ3v) is 4.14. The van der Waals surface area contributed by atoms with Crippen LogP contribution in [0.3, 0.4) is 0 Å². The van der Waals surface area contributed by atoms with Gasteiger partial charge < -0.3 is 15.0 Å². The molecule has 1 aliphatic carbocycles. The lowest BCUT2D eigenvalue weighted by Crippen LogP contribution is -2.11. The molecule has 2 heterocycles. The summed E-state index contributed by atoms with van der Waals surface area (Å²) in [6.07, 6.45) is 4.34. The van der Waals surface area contributed by atoms with Crippen molar-refractivity contribution in [2.24, 2.45) is 0 Å². The molecule has 5 heteroatoms. The number of imidazole rings is 1. The van der Waals surface area contributed by atoms with E-state index in [1.165, 1.54) is 12.8 Å². The number of nitrogen functional groups attached to an aromatic ring is 1. The lowest BCUT2D eigenvalue weighted by Gasteiger charge is -2.10. The van der Waals surface area contributed by atoms with Gasteiger partial charge in [-0.15, -0.1) is 0 Å². The molecule has 1 saturated carbocycles. The number of nitrogens with zero attached hydrogens (tertiary/aromatic N) is 3. The summed E-state index contributed by atoms with van der Waals surface area (Å²) in [4.78, 5) is 9.38. The summed E-state index contributed by atoms with van der Waals surface area (Å²) >= 11 is 0. The normalized spacial score (nSPS) is 14.3. The van der Waals surface area contributed by atoms with E-state index in [4.69, 9.17) is 15.5 Å². The highest BCUT2D eigenvalue weighted by atomic mass is 16.5. The van der Waals surface area contributed by atoms with Gasteiger partial charge in [0.15, 0.2) is 5.65 Å². The molecule has 0 saturated heterocycles. The first-order chi connectivity index (χ1) is 11.2. The Hall–Kier alpha value is -2.56. The number of nitrogens with two attached hydrogens (primary N) is 1. The SMILES string of the molecule is Cc1cnc2c(c1)nc(C1CC1)n2CCOc1cccc(N)c1. The summed E-state index contributed by atoms with van der Waals surface area (Å²) in [5.41, 5.74) is 9.57. The molecule has 2 N–H and O–H groups in total. The Morgan fingerprint density at radius 1 is 1.30 bits per heavy atom. The Balaban J connectivity index is 1.56. The molecule has 5 nitrogen and oxygen atoms in total. The highest BCUT2D eigenvalue weighted by Crippen LogP contribution is 2.40. The number of anilines is 1. The molecule has 3 aromatic rings. The summed E-state index contributed by atoms with van der Waals surface area (Å²) in [6, 6.07) is 9.62. The van der Waals surface area contributed by atoms with Crippen LogP contribution in [0.1, 0.15) is 30.1 Å². The summed E-state index contributed by atoms with van der Waals surface area (Å²) in [5.74, 6) is 2.53. The predicted octanol–water partition coefficient (Wildman–Crippen LogP) is 3.28.